The average molecular weight is 318 g/mol. The van der Waals surface area contributed by atoms with Crippen LogP contribution in [0.15, 0.2) is 42.7 Å². The smallest absolute Gasteiger partial charge is 0.156 e. The molecule has 1 aromatic heterocycles. The van der Waals surface area contributed by atoms with Crippen molar-refractivity contribution in [3.8, 4) is 5.69 Å². The normalized spacial score (nSPS) is 33.0. The molecule has 2 aromatic rings. The number of hydrogen-bond donors (Lipinski definition) is 1. The second-order valence-electron chi connectivity index (χ2n) is 6.36. The molecule has 116 valence electrons. The van der Waals surface area contributed by atoms with Crippen molar-refractivity contribution in [2.45, 2.75) is 41.8 Å². The molecule has 5 nitrogen and oxygen atoms in total. The van der Waals surface area contributed by atoms with Crippen molar-refractivity contribution < 1.29 is 13.5 Å². The fourth-order valence-electron chi connectivity index (χ4n) is 3.77. The average Bonchev–Trinajstić information content (AvgIpc) is 3.03. The van der Waals surface area contributed by atoms with Crippen LogP contribution in [0.2, 0.25) is 0 Å². The molecule has 0 amide bonds. The molecule has 3 heterocycles. The van der Waals surface area contributed by atoms with Crippen LogP contribution in [0, 0.1) is 0 Å². The van der Waals surface area contributed by atoms with E-state index in [-0.39, 0.29) is 12.8 Å². The van der Waals surface area contributed by atoms with E-state index in [2.05, 4.69) is 5.10 Å². The number of rotatable bonds is 2. The van der Waals surface area contributed by atoms with Gasteiger partial charge in [-0.05, 0) is 37.8 Å². The van der Waals surface area contributed by atoms with Gasteiger partial charge in [0.15, 0.2) is 9.84 Å². The van der Waals surface area contributed by atoms with Crippen molar-refractivity contribution in [2.75, 3.05) is 0 Å². The third kappa shape index (κ3) is 2.01. The van der Waals surface area contributed by atoms with E-state index in [1.165, 1.54) is 0 Å². The van der Waals surface area contributed by atoms with E-state index in [4.69, 9.17) is 0 Å². The van der Waals surface area contributed by atoms with Crippen molar-refractivity contribution in [1.82, 2.24) is 9.78 Å². The molecule has 22 heavy (non-hydrogen) atoms. The molecule has 2 bridgehead atoms. The second kappa shape index (κ2) is 4.67. The number of para-hydroxylation sites is 1. The quantitative estimate of drug-likeness (QED) is 0.916. The number of fused-ring (bicyclic) bond motifs is 2. The first kappa shape index (κ1) is 14.0. The first-order chi connectivity index (χ1) is 10.5. The largest absolute Gasteiger partial charge is 0.385 e. The summed E-state index contributed by atoms with van der Waals surface area (Å²) in [6.07, 6.45) is 5.37. The minimum absolute atomic E-state index is 0.284. The predicted octanol–water partition coefficient (Wildman–Crippen LogP) is 1.80. The highest BCUT2D eigenvalue weighted by Gasteiger charge is 2.53. The van der Waals surface area contributed by atoms with Crippen molar-refractivity contribution in [3.63, 3.8) is 0 Å². The minimum atomic E-state index is -3.04. The Kier molecular flexibility index (Phi) is 2.96. The summed E-state index contributed by atoms with van der Waals surface area (Å²) in [5.41, 5.74) is 0.552. The first-order valence-electron chi connectivity index (χ1n) is 7.55. The Morgan fingerprint density at radius 1 is 1.14 bits per heavy atom. The van der Waals surface area contributed by atoms with Crippen LogP contribution < -0.4 is 0 Å². The molecule has 0 radical (unpaired) electrons. The highest BCUT2D eigenvalue weighted by molar-refractivity contribution is 7.93. The Morgan fingerprint density at radius 3 is 2.41 bits per heavy atom. The Hall–Kier alpha value is -1.66. The van der Waals surface area contributed by atoms with Gasteiger partial charge < -0.3 is 5.11 Å². The lowest BCUT2D eigenvalue weighted by Gasteiger charge is -2.35. The molecule has 0 saturated carbocycles. The Labute approximate surface area is 129 Å². The van der Waals surface area contributed by atoms with E-state index < -0.39 is 25.9 Å². The lowest BCUT2D eigenvalue weighted by atomic mass is 9.88. The summed E-state index contributed by atoms with van der Waals surface area (Å²) < 4.78 is 26.1. The number of aliphatic hydroxyl groups is 1. The Bertz CT molecular complexity index is 778. The molecule has 6 heteroatoms. The lowest BCUT2D eigenvalue weighted by molar-refractivity contribution is 0.0173. The Balaban J connectivity index is 1.67. The molecule has 0 aliphatic carbocycles. The highest BCUT2D eigenvalue weighted by atomic mass is 32.2. The zero-order valence-corrected chi connectivity index (χ0v) is 12.9. The topological polar surface area (TPSA) is 72.2 Å². The van der Waals surface area contributed by atoms with E-state index >= 15 is 0 Å². The van der Waals surface area contributed by atoms with Crippen LogP contribution in [0.25, 0.3) is 5.69 Å². The zero-order valence-electron chi connectivity index (χ0n) is 12.1. The van der Waals surface area contributed by atoms with Crippen LogP contribution >= 0.6 is 0 Å². The van der Waals surface area contributed by atoms with E-state index in [1.807, 2.05) is 36.5 Å². The second-order valence-corrected chi connectivity index (χ2v) is 8.87. The van der Waals surface area contributed by atoms with Gasteiger partial charge in [0.2, 0.25) is 0 Å². The monoisotopic (exact) mass is 318 g/mol. The molecular formula is C16H18N2O3S. The van der Waals surface area contributed by atoms with Crippen LogP contribution in [-0.4, -0.2) is 33.8 Å². The van der Waals surface area contributed by atoms with Gasteiger partial charge in [-0.1, -0.05) is 18.2 Å². The van der Waals surface area contributed by atoms with Crippen molar-refractivity contribution in [2.24, 2.45) is 0 Å². The fraction of sp³-hybridized carbons (Fsp3) is 0.438. The molecule has 2 saturated heterocycles. The van der Waals surface area contributed by atoms with Crippen LogP contribution in [-0.2, 0) is 15.4 Å². The number of sulfone groups is 1. The molecule has 2 aliphatic heterocycles. The summed E-state index contributed by atoms with van der Waals surface area (Å²) in [5, 5.41) is 14.5. The summed E-state index contributed by atoms with van der Waals surface area (Å²) in [4.78, 5) is 0. The van der Waals surface area contributed by atoms with E-state index in [0.717, 1.165) is 5.69 Å². The zero-order chi connectivity index (χ0) is 15.4. The summed E-state index contributed by atoms with van der Waals surface area (Å²) in [7, 11) is -3.04. The molecule has 2 aliphatic rings. The third-order valence-electron chi connectivity index (χ3n) is 5.01. The Morgan fingerprint density at radius 2 is 1.77 bits per heavy atom. The van der Waals surface area contributed by atoms with Crippen molar-refractivity contribution >= 4 is 9.84 Å². The molecule has 2 fully saturated rings. The van der Waals surface area contributed by atoms with Crippen molar-refractivity contribution in [1.29, 1.82) is 0 Å². The maximum atomic E-state index is 12.2. The predicted molar refractivity (Wildman–Crippen MR) is 82.4 cm³/mol. The number of nitrogens with zero attached hydrogens (tertiary/aromatic N) is 2. The molecular weight excluding hydrogens is 300 g/mol. The molecule has 2 unspecified atom stereocenters. The van der Waals surface area contributed by atoms with Gasteiger partial charge in [-0.3, -0.25) is 0 Å². The highest BCUT2D eigenvalue weighted by Crippen LogP contribution is 2.47. The number of hydrogen-bond acceptors (Lipinski definition) is 4. The van der Waals surface area contributed by atoms with Gasteiger partial charge in [0.25, 0.3) is 0 Å². The van der Waals surface area contributed by atoms with E-state index in [0.29, 0.717) is 18.4 Å². The maximum absolute atomic E-state index is 12.2. The maximum Gasteiger partial charge on any atom is 0.156 e. The number of benzene rings is 1. The van der Waals surface area contributed by atoms with Gasteiger partial charge in [-0.15, -0.1) is 0 Å². The summed E-state index contributed by atoms with van der Waals surface area (Å²) in [5.74, 6) is 0. The SMILES string of the molecule is O=S1(=O)C2CCC1CC(O)(c1cnn(-c3ccccc3)c1)C2. The van der Waals surface area contributed by atoms with Gasteiger partial charge >= 0.3 is 0 Å². The minimum Gasteiger partial charge on any atom is -0.385 e. The fourth-order valence-corrected chi connectivity index (χ4v) is 6.26. The standard InChI is InChI=1S/C16H18N2O3S/c19-16(8-14-6-7-15(9-16)22(14,20)21)12-10-17-18(11-12)13-4-2-1-3-5-13/h1-5,10-11,14-15,19H,6-9H2. The van der Waals surface area contributed by atoms with Gasteiger partial charge in [0.1, 0.15) is 0 Å². The number of aromatic nitrogens is 2. The molecule has 1 aromatic carbocycles. The van der Waals surface area contributed by atoms with Crippen molar-refractivity contribution in [3.05, 3.63) is 48.3 Å². The molecule has 2 atom stereocenters. The first-order valence-corrected chi connectivity index (χ1v) is 9.16. The van der Waals surface area contributed by atoms with Crippen LogP contribution in [0.5, 0.6) is 0 Å². The third-order valence-corrected chi connectivity index (χ3v) is 7.67. The lowest BCUT2D eigenvalue weighted by Crippen LogP contribution is -2.42. The van der Waals surface area contributed by atoms with Crippen LogP contribution in [0.3, 0.4) is 0 Å². The van der Waals surface area contributed by atoms with Crippen LogP contribution in [0.1, 0.15) is 31.2 Å². The van der Waals surface area contributed by atoms with Crippen LogP contribution in [0.4, 0.5) is 0 Å². The molecule has 1 N–H and O–H groups in total. The van der Waals surface area contributed by atoms with E-state index in [1.54, 1.807) is 10.9 Å². The van der Waals surface area contributed by atoms with Gasteiger partial charge in [0.05, 0.1) is 28.0 Å². The van der Waals surface area contributed by atoms with E-state index in [9.17, 15) is 13.5 Å². The summed E-state index contributed by atoms with van der Waals surface area (Å²) in [6.45, 7) is 0. The van der Waals surface area contributed by atoms with Gasteiger partial charge in [-0.25, -0.2) is 13.1 Å². The van der Waals surface area contributed by atoms with Gasteiger partial charge in [0, 0.05) is 11.8 Å². The molecule has 4 rings (SSSR count). The summed E-state index contributed by atoms with van der Waals surface area (Å²) in [6, 6.07) is 9.68. The summed E-state index contributed by atoms with van der Waals surface area (Å²) >= 11 is 0. The van der Waals surface area contributed by atoms with Gasteiger partial charge in [-0.2, -0.15) is 5.10 Å². The molecule has 0 spiro atoms.